The van der Waals surface area contributed by atoms with Crippen LogP contribution in [0.15, 0.2) is 0 Å². The molecule has 0 saturated carbocycles. The van der Waals surface area contributed by atoms with Crippen LogP contribution in [0.25, 0.3) is 0 Å². The Labute approximate surface area is 90.9 Å². The van der Waals surface area contributed by atoms with Crippen LogP contribution in [0.1, 0.15) is 12.8 Å². The van der Waals surface area contributed by atoms with Gasteiger partial charge < -0.3 is 4.90 Å². The summed E-state index contributed by atoms with van der Waals surface area (Å²) in [7, 11) is 0.858. The van der Waals surface area contributed by atoms with Crippen molar-refractivity contribution in [3.05, 3.63) is 0 Å². The van der Waals surface area contributed by atoms with Crippen molar-refractivity contribution in [3.63, 3.8) is 0 Å². The summed E-state index contributed by atoms with van der Waals surface area (Å²) in [4.78, 5) is 2.14. The lowest BCUT2D eigenvalue weighted by atomic mass is 10.1. The van der Waals surface area contributed by atoms with Crippen molar-refractivity contribution in [1.82, 2.24) is 9.21 Å². The number of hydrogen-bond donors (Lipinski definition) is 0. The van der Waals surface area contributed by atoms with Crippen molar-refractivity contribution in [2.24, 2.45) is 0 Å². The summed E-state index contributed by atoms with van der Waals surface area (Å²) >= 11 is 5.39. The van der Waals surface area contributed by atoms with Gasteiger partial charge in [-0.3, -0.25) is 0 Å². The normalized spacial score (nSPS) is 21.7. The van der Waals surface area contributed by atoms with E-state index in [0.717, 1.165) is 12.8 Å². The molecule has 84 valence electrons. The molecule has 1 aliphatic heterocycles. The highest BCUT2D eigenvalue weighted by molar-refractivity contribution is 7.90. The molecule has 0 aromatic rings. The maximum absolute atomic E-state index is 11.4. The van der Waals surface area contributed by atoms with Crippen molar-refractivity contribution in [2.75, 3.05) is 32.4 Å². The Morgan fingerprint density at radius 3 is 2.21 bits per heavy atom. The number of rotatable bonds is 3. The molecule has 0 radical (unpaired) electrons. The van der Waals surface area contributed by atoms with E-state index in [0.29, 0.717) is 19.1 Å². The highest BCUT2D eigenvalue weighted by Gasteiger charge is 2.27. The predicted molar refractivity (Wildman–Crippen MR) is 57.9 cm³/mol. The fourth-order valence-corrected chi connectivity index (χ4v) is 3.02. The van der Waals surface area contributed by atoms with Crippen LogP contribution < -0.4 is 0 Å². The summed E-state index contributed by atoms with van der Waals surface area (Å²) in [6.07, 6.45) is 1.78. The molecule has 6 heteroatoms. The van der Waals surface area contributed by atoms with Gasteiger partial charge in [-0.15, -0.1) is 11.6 Å². The van der Waals surface area contributed by atoms with Crippen LogP contribution in [0, 0.1) is 0 Å². The van der Waals surface area contributed by atoms with Gasteiger partial charge in [0.15, 0.2) is 0 Å². The second-order valence-corrected chi connectivity index (χ2v) is 6.37. The zero-order valence-electron chi connectivity index (χ0n) is 8.61. The number of alkyl halides is 1. The first-order chi connectivity index (χ1) is 6.47. The van der Waals surface area contributed by atoms with Gasteiger partial charge in [0.25, 0.3) is 0 Å². The number of nitrogens with zero attached hydrogens (tertiary/aromatic N) is 2. The summed E-state index contributed by atoms with van der Waals surface area (Å²) in [5, 5.41) is -0.306. The third-order valence-corrected chi connectivity index (χ3v) is 4.94. The summed E-state index contributed by atoms with van der Waals surface area (Å²) in [6.45, 7) is 1.19. The van der Waals surface area contributed by atoms with E-state index in [4.69, 9.17) is 11.6 Å². The van der Waals surface area contributed by atoms with Gasteiger partial charge in [0, 0.05) is 19.1 Å². The van der Waals surface area contributed by atoms with Crippen molar-refractivity contribution < 1.29 is 8.42 Å². The fourth-order valence-electron chi connectivity index (χ4n) is 1.71. The molecule has 0 amide bonds. The van der Waals surface area contributed by atoms with Crippen LogP contribution in [-0.4, -0.2) is 56.1 Å². The Hall–Kier alpha value is 0.160. The third-order valence-electron chi connectivity index (χ3n) is 2.69. The molecule has 4 nitrogen and oxygen atoms in total. The maximum atomic E-state index is 11.4. The third kappa shape index (κ3) is 2.82. The standard InChI is InChI=1S/C8H17ClN2O2S/c1-10(2)8-3-5-11(6-4-8)14(12,13)7-9/h8H,3-7H2,1-2H3. The molecule has 0 aromatic heterocycles. The molecule has 0 spiro atoms. The van der Waals surface area contributed by atoms with Gasteiger partial charge in [-0.1, -0.05) is 0 Å². The SMILES string of the molecule is CN(C)C1CCN(S(=O)(=O)CCl)CC1. The van der Waals surface area contributed by atoms with Crippen LogP contribution in [-0.2, 0) is 10.0 Å². The molecule has 0 atom stereocenters. The lowest BCUT2D eigenvalue weighted by molar-refractivity contribution is 0.197. The van der Waals surface area contributed by atoms with Crippen molar-refractivity contribution in [3.8, 4) is 0 Å². The molecule has 0 bridgehead atoms. The number of sulfonamides is 1. The maximum Gasteiger partial charge on any atom is 0.228 e. The first-order valence-corrected chi connectivity index (χ1v) is 6.82. The van der Waals surface area contributed by atoms with E-state index in [1.165, 1.54) is 4.31 Å². The lowest BCUT2D eigenvalue weighted by Gasteiger charge is -2.34. The van der Waals surface area contributed by atoms with Crippen LogP contribution in [0.4, 0.5) is 0 Å². The summed E-state index contributed by atoms with van der Waals surface area (Å²) in [6, 6.07) is 0.497. The molecule has 0 unspecified atom stereocenters. The van der Waals surface area contributed by atoms with Gasteiger partial charge in [0.2, 0.25) is 10.0 Å². The zero-order chi connectivity index (χ0) is 10.8. The minimum Gasteiger partial charge on any atom is -0.306 e. The van der Waals surface area contributed by atoms with Crippen LogP contribution in [0.2, 0.25) is 0 Å². The Balaban J connectivity index is 2.52. The Morgan fingerprint density at radius 2 is 1.86 bits per heavy atom. The minimum atomic E-state index is -3.19. The van der Waals surface area contributed by atoms with Crippen molar-refractivity contribution in [1.29, 1.82) is 0 Å². The van der Waals surface area contributed by atoms with Gasteiger partial charge in [-0.05, 0) is 26.9 Å². The molecule has 1 rings (SSSR count). The van der Waals surface area contributed by atoms with Gasteiger partial charge in [-0.2, -0.15) is 0 Å². The Morgan fingerprint density at radius 1 is 1.36 bits per heavy atom. The molecule has 1 heterocycles. The van der Waals surface area contributed by atoms with Gasteiger partial charge in [-0.25, -0.2) is 12.7 Å². The summed E-state index contributed by atoms with van der Waals surface area (Å²) < 4.78 is 24.3. The molecule has 0 N–H and O–H groups in total. The molecule has 0 aromatic carbocycles. The first kappa shape index (κ1) is 12.2. The smallest absolute Gasteiger partial charge is 0.228 e. The van der Waals surface area contributed by atoms with E-state index in [1.807, 2.05) is 14.1 Å². The lowest BCUT2D eigenvalue weighted by Crippen LogP contribution is -2.44. The van der Waals surface area contributed by atoms with Gasteiger partial charge >= 0.3 is 0 Å². The molecule has 14 heavy (non-hydrogen) atoms. The van der Waals surface area contributed by atoms with E-state index in [9.17, 15) is 8.42 Å². The second-order valence-electron chi connectivity index (χ2n) is 3.81. The monoisotopic (exact) mass is 240 g/mol. The van der Waals surface area contributed by atoms with E-state index >= 15 is 0 Å². The van der Waals surface area contributed by atoms with E-state index in [-0.39, 0.29) is 5.21 Å². The van der Waals surface area contributed by atoms with Gasteiger partial charge in [0.1, 0.15) is 5.21 Å². The van der Waals surface area contributed by atoms with Crippen LogP contribution in [0.3, 0.4) is 0 Å². The average molecular weight is 241 g/mol. The molecular weight excluding hydrogens is 224 g/mol. The predicted octanol–water partition coefficient (Wildman–Crippen LogP) is 0.539. The highest BCUT2D eigenvalue weighted by atomic mass is 35.5. The molecule has 1 fully saturated rings. The highest BCUT2D eigenvalue weighted by Crippen LogP contribution is 2.17. The van der Waals surface area contributed by atoms with Crippen molar-refractivity contribution in [2.45, 2.75) is 18.9 Å². The van der Waals surface area contributed by atoms with E-state index < -0.39 is 10.0 Å². The van der Waals surface area contributed by atoms with Gasteiger partial charge in [0.05, 0.1) is 0 Å². The molecular formula is C8H17ClN2O2S. The minimum absolute atomic E-state index is 0.306. The summed E-state index contributed by atoms with van der Waals surface area (Å²) in [5.41, 5.74) is 0. The van der Waals surface area contributed by atoms with E-state index in [1.54, 1.807) is 0 Å². The Kier molecular flexibility index (Phi) is 4.18. The average Bonchev–Trinajstić information content (AvgIpc) is 2.18. The molecule has 1 saturated heterocycles. The molecule has 0 aliphatic carbocycles. The largest absolute Gasteiger partial charge is 0.306 e. The topological polar surface area (TPSA) is 40.6 Å². The second kappa shape index (κ2) is 4.79. The van der Waals surface area contributed by atoms with Crippen LogP contribution in [0.5, 0.6) is 0 Å². The number of hydrogen-bond acceptors (Lipinski definition) is 3. The Bertz CT molecular complexity index is 271. The van der Waals surface area contributed by atoms with E-state index in [2.05, 4.69) is 4.90 Å². The number of piperidine rings is 1. The van der Waals surface area contributed by atoms with Crippen LogP contribution >= 0.6 is 11.6 Å². The zero-order valence-corrected chi connectivity index (χ0v) is 10.2. The fraction of sp³-hybridized carbons (Fsp3) is 1.00. The summed E-state index contributed by atoms with van der Waals surface area (Å²) in [5.74, 6) is 0. The van der Waals surface area contributed by atoms with Crippen molar-refractivity contribution >= 4 is 21.6 Å². The number of halogens is 1. The molecule has 1 aliphatic rings. The first-order valence-electron chi connectivity index (χ1n) is 4.67. The quantitative estimate of drug-likeness (QED) is 0.676.